The van der Waals surface area contributed by atoms with Gasteiger partial charge in [-0.3, -0.25) is 5.32 Å². The van der Waals surface area contributed by atoms with Crippen molar-refractivity contribution in [2.75, 3.05) is 6.54 Å². The zero-order valence-electron chi connectivity index (χ0n) is 18.0. The van der Waals surface area contributed by atoms with Crippen molar-refractivity contribution < 1.29 is 23.8 Å². The second-order valence-electron chi connectivity index (χ2n) is 6.82. The zero-order valence-corrected chi connectivity index (χ0v) is 18.8. The molecule has 4 N–H and O–H groups in total. The molecule has 0 aliphatic heterocycles. The third-order valence-corrected chi connectivity index (χ3v) is 4.53. The lowest BCUT2D eigenvalue weighted by Crippen LogP contribution is -2.45. The number of amides is 2. The van der Waals surface area contributed by atoms with Crippen LogP contribution in [0, 0.1) is 5.82 Å². The van der Waals surface area contributed by atoms with Crippen molar-refractivity contribution in [2.45, 2.75) is 13.5 Å². The minimum atomic E-state index is -1.23. The number of carbonyl (C=O) groups is 2. The Morgan fingerprint density at radius 3 is 2.56 bits per heavy atom. The summed E-state index contributed by atoms with van der Waals surface area (Å²) in [5.74, 6) is -1.87. The summed E-state index contributed by atoms with van der Waals surface area (Å²) >= 11 is 5.90. The number of aromatic carboxylic acids is 1. The van der Waals surface area contributed by atoms with Gasteiger partial charge in [0, 0.05) is 36.4 Å². The van der Waals surface area contributed by atoms with E-state index in [1.54, 1.807) is 19.1 Å². The number of rotatable bonds is 7. The first kappa shape index (κ1) is 24.5. The minimum absolute atomic E-state index is 0.106. The standard InChI is InChI=1S/C23H21ClFN5O4/c1-2-26-23(33)30-22(28-13-14-3-5-15(24)6-4-14)29-16-7-8-20(18(25)11-16)34-17-9-10-27-19(12-17)21(31)32/h3-12H,2,13H2,1H3,(H,31,32)(H3,26,28,29,30,33). The van der Waals surface area contributed by atoms with Crippen LogP contribution in [0.5, 0.6) is 11.5 Å². The van der Waals surface area contributed by atoms with Crippen LogP contribution in [0.1, 0.15) is 23.0 Å². The number of aromatic nitrogens is 1. The molecule has 176 valence electrons. The number of nitrogens with one attached hydrogen (secondary N) is 3. The van der Waals surface area contributed by atoms with Crippen LogP contribution in [0.4, 0.5) is 14.9 Å². The number of nitrogens with zero attached hydrogens (tertiary/aromatic N) is 2. The highest BCUT2D eigenvalue weighted by Gasteiger charge is 2.11. The van der Waals surface area contributed by atoms with Gasteiger partial charge < -0.3 is 20.5 Å². The lowest BCUT2D eigenvalue weighted by Gasteiger charge is -2.13. The number of halogens is 2. The number of aliphatic imine (C=N–C) groups is 1. The van der Waals surface area contributed by atoms with Gasteiger partial charge in [0.1, 0.15) is 5.75 Å². The van der Waals surface area contributed by atoms with Gasteiger partial charge in [-0.15, -0.1) is 0 Å². The Balaban J connectivity index is 1.78. The predicted octanol–water partition coefficient (Wildman–Crippen LogP) is 4.46. The number of carboxylic acid groups (broad SMARTS) is 1. The van der Waals surface area contributed by atoms with E-state index in [1.165, 1.54) is 30.5 Å². The fourth-order valence-corrected chi connectivity index (χ4v) is 2.83. The molecule has 0 radical (unpaired) electrons. The number of carbonyl (C=O) groups excluding carboxylic acids is 1. The molecule has 1 heterocycles. The van der Waals surface area contributed by atoms with Crippen LogP contribution in [-0.4, -0.2) is 34.6 Å². The molecule has 2 aromatic carbocycles. The van der Waals surface area contributed by atoms with E-state index in [1.807, 2.05) is 12.1 Å². The quantitative estimate of drug-likeness (QED) is 0.289. The summed E-state index contributed by atoms with van der Waals surface area (Å²) in [6.07, 6.45) is 1.25. The van der Waals surface area contributed by atoms with Gasteiger partial charge in [0.2, 0.25) is 5.96 Å². The van der Waals surface area contributed by atoms with Gasteiger partial charge in [-0.1, -0.05) is 23.7 Å². The molecule has 34 heavy (non-hydrogen) atoms. The van der Waals surface area contributed by atoms with E-state index in [0.29, 0.717) is 18.1 Å². The molecule has 1 aromatic heterocycles. The number of ether oxygens (including phenoxy) is 1. The topological polar surface area (TPSA) is 125 Å². The molecule has 0 fully saturated rings. The van der Waals surface area contributed by atoms with Gasteiger partial charge in [-0.05, 0) is 42.8 Å². The Morgan fingerprint density at radius 1 is 1.12 bits per heavy atom. The molecule has 0 unspecified atom stereocenters. The summed E-state index contributed by atoms with van der Waals surface area (Å²) in [4.78, 5) is 31.0. The molecule has 3 aromatic rings. The normalized spacial score (nSPS) is 11.0. The highest BCUT2D eigenvalue weighted by molar-refractivity contribution is 6.30. The minimum Gasteiger partial charge on any atom is -0.477 e. The van der Waals surface area contributed by atoms with Gasteiger partial charge in [0.05, 0.1) is 5.69 Å². The van der Waals surface area contributed by atoms with E-state index in [9.17, 15) is 14.0 Å². The lowest BCUT2D eigenvalue weighted by atomic mass is 10.2. The monoisotopic (exact) mass is 485 g/mol. The SMILES string of the molecule is CCNC(=O)N/C(=N\c1ccc(Oc2ccnc(C(=O)O)c2)c(F)c1)NCc1ccc(Cl)cc1. The zero-order chi connectivity index (χ0) is 24.5. The van der Waals surface area contributed by atoms with Crippen LogP contribution in [0.3, 0.4) is 0 Å². The number of carboxylic acids is 1. The maximum atomic E-state index is 14.7. The first-order chi connectivity index (χ1) is 16.3. The molecule has 3 rings (SSSR count). The number of hydrogen-bond donors (Lipinski definition) is 4. The molecule has 0 aliphatic carbocycles. The van der Waals surface area contributed by atoms with E-state index >= 15 is 0 Å². The Labute approximate surface area is 199 Å². The van der Waals surface area contributed by atoms with Gasteiger partial charge in [-0.2, -0.15) is 0 Å². The Morgan fingerprint density at radius 2 is 1.88 bits per heavy atom. The predicted molar refractivity (Wildman–Crippen MR) is 125 cm³/mol. The molecule has 9 nitrogen and oxygen atoms in total. The van der Waals surface area contributed by atoms with Crippen LogP contribution in [-0.2, 0) is 6.54 Å². The van der Waals surface area contributed by atoms with E-state index in [4.69, 9.17) is 21.4 Å². The molecule has 0 bridgehead atoms. The van der Waals surface area contributed by atoms with Crippen molar-refractivity contribution in [3.8, 4) is 11.5 Å². The average molecular weight is 486 g/mol. The molecule has 0 saturated carbocycles. The van der Waals surface area contributed by atoms with E-state index in [-0.39, 0.29) is 28.8 Å². The highest BCUT2D eigenvalue weighted by atomic mass is 35.5. The first-order valence-corrected chi connectivity index (χ1v) is 10.5. The van der Waals surface area contributed by atoms with Crippen molar-refractivity contribution in [1.29, 1.82) is 0 Å². The first-order valence-electron chi connectivity index (χ1n) is 10.1. The number of urea groups is 1. The van der Waals surface area contributed by atoms with Crippen molar-refractivity contribution in [1.82, 2.24) is 20.9 Å². The number of hydrogen-bond acceptors (Lipinski definition) is 5. The van der Waals surface area contributed by atoms with Crippen LogP contribution in [0.2, 0.25) is 5.02 Å². The number of benzene rings is 2. The molecular formula is C23H21ClFN5O4. The second kappa shape index (κ2) is 11.6. The number of pyridine rings is 1. The Kier molecular flexibility index (Phi) is 8.36. The maximum Gasteiger partial charge on any atom is 0.354 e. The largest absolute Gasteiger partial charge is 0.477 e. The van der Waals surface area contributed by atoms with Crippen LogP contribution in [0.15, 0.2) is 65.8 Å². The van der Waals surface area contributed by atoms with Gasteiger partial charge >= 0.3 is 12.0 Å². The molecule has 0 aliphatic rings. The van der Waals surface area contributed by atoms with Crippen LogP contribution in [0.25, 0.3) is 0 Å². The highest BCUT2D eigenvalue weighted by Crippen LogP contribution is 2.28. The Hall–Kier alpha value is -4.18. The summed E-state index contributed by atoms with van der Waals surface area (Å²) < 4.78 is 20.1. The average Bonchev–Trinajstić information content (AvgIpc) is 2.80. The summed E-state index contributed by atoms with van der Waals surface area (Å²) in [7, 11) is 0. The van der Waals surface area contributed by atoms with Crippen LogP contribution < -0.4 is 20.7 Å². The molecule has 11 heteroatoms. The van der Waals surface area contributed by atoms with Crippen molar-refractivity contribution in [3.05, 3.63) is 82.9 Å². The fraction of sp³-hybridized carbons (Fsp3) is 0.130. The van der Waals surface area contributed by atoms with E-state index in [2.05, 4.69) is 25.9 Å². The maximum absolute atomic E-state index is 14.7. The van der Waals surface area contributed by atoms with Gasteiger partial charge in [-0.25, -0.2) is 24.0 Å². The summed E-state index contributed by atoms with van der Waals surface area (Å²) in [5, 5.41) is 17.8. The van der Waals surface area contributed by atoms with E-state index < -0.39 is 17.8 Å². The smallest absolute Gasteiger partial charge is 0.354 e. The fourth-order valence-electron chi connectivity index (χ4n) is 2.70. The van der Waals surface area contributed by atoms with Gasteiger partial charge in [0.15, 0.2) is 17.3 Å². The molecular weight excluding hydrogens is 465 g/mol. The third kappa shape index (κ3) is 7.17. The summed E-state index contributed by atoms with van der Waals surface area (Å²) in [5.41, 5.74) is 0.871. The number of guanidine groups is 1. The van der Waals surface area contributed by atoms with E-state index in [0.717, 1.165) is 11.6 Å². The summed E-state index contributed by atoms with van der Waals surface area (Å²) in [6, 6.07) is 13.2. The molecule has 2 amide bonds. The molecule has 0 spiro atoms. The molecule has 0 saturated heterocycles. The van der Waals surface area contributed by atoms with Crippen molar-refractivity contribution in [3.63, 3.8) is 0 Å². The lowest BCUT2D eigenvalue weighted by molar-refractivity contribution is 0.0690. The van der Waals surface area contributed by atoms with Crippen molar-refractivity contribution >= 4 is 35.2 Å². The summed E-state index contributed by atoms with van der Waals surface area (Å²) in [6.45, 7) is 2.52. The molecule has 0 atom stereocenters. The van der Waals surface area contributed by atoms with Crippen molar-refractivity contribution in [2.24, 2.45) is 4.99 Å². The van der Waals surface area contributed by atoms with Crippen LogP contribution >= 0.6 is 11.6 Å². The third-order valence-electron chi connectivity index (χ3n) is 4.28. The second-order valence-corrected chi connectivity index (χ2v) is 7.26. The Bertz CT molecular complexity index is 1200. The van der Waals surface area contributed by atoms with Gasteiger partial charge in [0.25, 0.3) is 0 Å².